The van der Waals surface area contributed by atoms with Gasteiger partial charge in [-0.15, -0.1) is 0 Å². The van der Waals surface area contributed by atoms with Gasteiger partial charge in [0.2, 0.25) is 11.7 Å². The van der Waals surface area contributed by atoms with Crippen LogP contribution in [0.2, 0.25) is 0 Å². The highest BCUT2D eigenvalue weighted by atomic mass is 79.9. The molecule has 0 saturated heterocycles. The van der Waals surface area contributed by atoms with E-state index < -0.39 is 5.97 Å². The number of hydrogen-bond donors (Lipinski definition) is 1. The minimum atomic E-state index is -1.08. The van der Waals surface area contributed by atoms with Gasteiger partial charge in [0, 0.05) is 10.0 Å². The van der Waals surface area contributed by atoms with Crippen molar-refractivity contribution in [2.75, 3.05) is 0 Å². The SMILES string of the molecule is CCc1nc(-c2cccc(Br)c2C)oc1C(=O)O. The zero-order valence-corrected chi connectivity index (χ0v) is 11.6. The molecule has 0 fully saturated rings. The molecule has 0 saturated carbocycles. The lowest BCUT2D eigenvalue weighted by atomic mass is 10.1. The Morgan fingerprint density at radius 1 is 1.50 bits per heavy atom. The van der Waals surface area contributed by atoms with Gasteiger partial charge in [-0.3, -0.25) is 0 Å². The number of nitrogens with zero attached hydrogens (tertiary/aromatic N) is 1. The van der Waals surface area contributed by atoms with E-state index in [9.17, 15) is 4.79 Å². The normalized spacial score (nSPS) is 10.6. The molecule has 0 aliphatic carbocycles. The molecule has 94 valence electrons. The fraction of sp³-hybridized carbons (Fsp3) is 0.231. The van der Waals surface area contributed by atoms with Crippen LogP contribution in [0.3, 0.4) is 0 Å². The van der Waals surface area contributed by atoms with Crippen molar-refractivity contribution in [1.82, 2.24) is 4.98 Å². The summed E-state index contributed by atoms with van der Waals surface area (Å²) in [5, 5.41) is 9.04. The molecule has 2 aromatic rings. The number of hydrogen-bond acceptors (Lipinski definition) is 3. The molecule has 1 N–H and O–H groups in total. The zero-order valence-electron chi connectivity index (χ0n) is 10.0. The van der Waals surface area contributed by atoms with E-state index in [1.165, 1.54) is 0 Å². The maximum atomic E-state index is 11.0. The van der Waals surface area contributed by atoms with E-state index in [2.05, 4.69) is 20.9 Å². The Labute approximate surface area is 113 Å². The maximum Gasteiger partial charge on any atom is 0.373 e. The van der Waals surface area contributed by atoms with Crippen LogP contribution in [0.25, 0.3) is 11.5 Å². The Morgan fingerprint density at radius 2 is 2.22 bits per heavy atom. The molecule has 1 aromatic heterocycles. The van der Waals surface area contributed by atoms with Crippen LogP contribution in [-0.2, 0) is 6.42 Å². The molecule has 0 unspecified atom stereocenters. The summed E-state index contributed by atoms with van der Waals surface area (Å²) in [6.07, 6.45) is 0.526. The van der Waals surface area contributed by atoms with Gasteiger partial charge < -0.3 is 9.52 Å². The van der Waals surface area contributed by atoms with Gasteiger partial charge in [-0.1, -0.05) is 28.9 Å². The van der Waals surface area contributed by atoms with Crippen molar-refractivity contribution in [3.8, 4) is 11.5 Å². The molecule has 18 heavy (non-hydrogen) atoms. The fourth-order valence-electron chi connectivity index (χ4n) is 1.71. The smallest absolute Gasteiger partial charge is 0.373 e. The number of carboxylic acid groups (broad SMARTS) is 1. The van der Waals surface area contributed by atoms with Crippen LogP contribution in [0.4, 0.5) is 0 Å². The molecule has 2 rings (SSSR count). The van der Waals surface area contributed by atoms with Crippen LogP contribution in [0.15, 0.2) is 27.1 Å². The molecular formula is C13H12BrNO3. The van der Waals surface area contributed by atoms with Gasteiger partial charge in [0.05, 0.1) is 5.69 Å². The van der Waals surface area contributed by atoms with E-state index in [1.807, 2.05) is 32.0 Å². The van der Waals surface area contributed by atoms with Gasteiger partial charge in [0.15, 0.2) is 0 Å². The molecule has 5 heteroatoms. The lowest BCUT2D eigenvalue weighted by molar-refractivity contribution is 0.0662. The number of aromatic carboxylic acids is 1. The molecule has 0 radical (unpaired) electrons. The molecule has 0 bridgehead atoms. The molecule has 1 heterocycles. The molecule has 0 amide bonds. The predicted molar refractivity (Wildman–Crippen MR) is 70.7 cm³/mol. The second-order valence-corrected chi connectivity index (χ2v) is 4.72. The number of aromatic nitrogens is 1. The Bertz CT molecular complexity index is 604. The molecule has 4 nitrogen and oxygen atoms in total. The van der Waals surface area contributed by atoms with Gasteiger partial charge in [0.25, 0.3) is 0 Å². The second-order valence-electron chi connectivity index (χ2n) is 3.87. The van der Waals surface area contributed by atoms with Gasteiger partial charge in [-0.2, -0.15) is 0 Å². The second kappa shape index (κ2) is 4.94. The van der Waals surface area contributed by atoms with Crippen LogP contribution in [0.1, 0.15) is 28.7 Å². The van der Waals surface area contributed by atoms with Gasteiger partial charge in [-0.05, 0) is 31.0 Å². The number of halogens is 1. The van der Waals surface area contributed by atoms with Crippen molar-refractivity contribution in [3.63, 3.8) is 0 Å². The van der Waals surface area contributed by atoms with Gasteiger partial charge in [-0.25, -0.2) is 9.78 Å². The summed E-state index contributed by atoms with van der Waals surface area (Å²) in [6.45, 7) is 3.78. The van der Waals surface area contributed by atoms with Crippen LogP contribution >= 0.6 is 15.9 Å². The number of carbonyl (C=O) groups is 1. The van der Waals surface area contributed by atoms with Crippen LogP contribution < -0.4 is 0 Å². The molecule has 0 aliphatic heterocycles. The van der Waals surface area contributed by atoms with Crippen molar-refractivity contribution in [2.24, 2.45) is 0 Å². The van der Waals surface area contributed by atoms with Gasteiger partial charge >= 0.3 is 5.97 Å². The average molecular weight is 310 g/mol. The topological polar surface area (TPSA) is 63.3 Å². The van der Waals surface area contributed by atoms with E-state index >= 15 is 0 Å². The first-order valence-electron chi connectivity index (χ1n) is 5.53. The summed E-state index contributed by atoms with van der Waals surface area (Å²) in [6, 6.07) is 5.64. The lowest BCUT2D eigenvalue weighted by Gasteiger charge is -2.02. The summed E-state index contributed by atoms with van der Waals surface area (Å²) in [4.78, 5) is 15.3. The Balaban J connectivity index is 2.58. The van der Waals surface area contributed by atoms with E-state index in [0.29, 0.717) is 18.0 Å². The Morgan fingerprint density at radius 3 is 2.78 bits per heavy atom. The standard InChI is InChI=1S/C13H12BrNO3/c1-3-10-11(13(16)17)18-12(15-10)8-5-4-6-9(14)7(8)2/h4-6H,3H2,1-2H3,(H,16,17). The van der Waals surface area contributed by atoms with Crippen molar-refractivity contribution in [1.29, 1.82) is 0 Å². The predicted octanol–water partition coefficient (Wildman–Crippen LogP) is 3.67. The molecule has 0 aliphatic rings. The maximum absolute atomic E-state index is 11.0. The number of oxazole rings is 1. The Hall–Kier alpha value is -1.62. The third-order valence-electron chi connectivity index (χ3n) is 2.72. The summed E-state index contributed by atoms with van der Waals surface area (Å²) in [5.74, 6) is -0.812. The number of benzene rings is 1. The van der Waals surface area contributed by atoms with Crippen molar-refractivity contribution < 1.29 is 14.3 Å². The van der Waals surface area contributed by atoms with Crippen molar-refractivity contribution >= 4 is 21.9 Å². The summed E-state index contributed by atoms with van der Waals surface area (Å²) in [5.41, 5.74) is 2.24. The third-order valence-corrected chi connectivity index (χ3v) is 3.58. The Kier molecular flexibility index (Phi) is 3.52. The van der Waals surface area contributed by atoms with E-state index in [1.54, 1.807) is 0 Å². The number of rotatable bonds is 3. The van der Waals surface area contributed by atoms with Crippen LogP contribution in [0, 0.1) is 6.92 Å². The van der Waals surface area contributed by atoms with Crippen LogP contribution in [-0.4, -0.2) is 16.1 Å². The van der Waals surface area contributed by atoms with Crippen molar-refractivity contribution in [2.45, 2.75) is 20.3 Å². The van der Waals surface area contributed by atoms with Crippen molar-refractivity contribution in [3.05, 3.63) is 39.7 Å². The summed E-state index contributed by atoms with van der Waals surface area (Å²) in [7, 11) is 0. The first-order valence-corrected chi connectivity index (χ1v) is 6.32. The number of aryl methyl sites for hydroxylation is 1. The first kappa shape index (κ1) is 12.8. The minimum Gasteiger partial charge on any atom is -0.475 e. The first-order chi connectivity index (χ1) is 8.54. The average Bonchev–Trinajstić information content (AvgIpc) is 2.76. The number of carboxylic acids is 1. The third kappa shape index (κ3) is 2.18. The highest BCUT2D eigenvalue weighted by molar-refractivity contribution is 9.10. The van der Waals surface area contributed by atoms with E-state index in [-0.39, 0.29) is 5.76 Å². The van der Waals surface area contributed by atoms with E-state index in [4.69, 9.17) is 9.52 Å². The summed E-state index contributed by atoms with van der Waals surface area (Å²) >= 11 is 3.43. The fourth-order valence-corrected chi connectivity index (χ4v) is 2.08. The van der Waals surface area contributed by atoms with Crippen LogP contribution in [0.5, 0.6) is 0 Å². The largest absolute Gasteiger partial charge is 0.475 e. The van der Waals surface area contributed by atoms with E-state index in [0.717, 1.165) is 15.6 Å². The van der Waals surface area contributed by atoms with Gasteiger partial charge in [0.1, 0.15) is 0 Å². The quantitative estimate of drug-likeness (QED) is 0.939. The monoisotopic (exact) mass is 309 g/mol. The molecular weight excluding hydrogens is 298 g/mol. The lowest BCUT2D eigenvalue weighted by Crippen LogP contribution is -1.98. The highest BCUT2D eigenvalue weighted by Crippen LogP contribution is 2.29. The summed E-state index contributed by atoms with van der Waals surface area (Å²) < 4.78 is 6.30. The molecule has 0 spiro atoms. The molecule has 0 atom stereocenters. The minimum absolute atomic E-state index is 0.0770. The zero-order chi connectivity index (χ0) is 13.3. The highest BCUT2D eigenvalue weighted by Gasteiger charge is 2.20. The molecule has 1 aromatic carbocycles.